The standard InChI is InChI=1S/C19H23N3OS2/c24-19(25)22-12-10-21(11-13-22)18-8-6-17(7-9-18)15-23-20-14-16-4-2-1-3-5-16/h1-9,14,19,24-25H,10-13,15H2/b20-14+. The molecule has 4 nitrogen and oxygen atoms in total. The number of thiol groups is 2. The Morgan fingerprint density at radius 3 is 2.28 bits per heavy atom. The molecule has 2 aromatic carbocycles. The van der Waals surface area contributed by atoms with Gasteiger partial charge in [-0.2, -0.15) is 0 Å². The minimum absolute atomic E-state index is 0.0260. The Kier molecular flexibility index (Phi) is 6.67. The van der Waals surface area contributed by atoms with Crippen LogP contribution in [0, 0.1) is 0 Å². The Morgan fingerprint density at radius 2 is 1.64 bits per heavy atom. The molecule has 25 heavy (non-hydrogen) atoms. The second-order valence-electron chi connectivity index (χ2n) is 5.95. The SMILES string of the molecule is SC(S)N1CCN(c2ccc(CO/N=C/c3ccccc3)cc2)CC1. The molecule has 132 valence electrons. The molecular weight excluding hydrogens is 350 g/mol. The Morgan fingerprint density at radius 1 is 0.960 bits per heavy atom. The minimum Gasteiger partial charge on any atom is -0.391 e. The molecule has 0 saturated carbocycles. The zero-order valence-electron chi connectivity index (χ0n) is 14.0. The van der Waals surface area contributed by atoms with E-state index in [2.05, 4.69) is 64.5 Å². The third-order valence-corrected chi connectivity index (χ3v) is 4.90. The third-order valence-electron chi connectivity index (χ3n) is 4.25. The Hall–Kier alpha value is -1.63. The summed E-state index contributed by atoms with van der Waals surface area (Å²) in [5, 5.41) is 4.02. The van der Waals surface area contributed by atoms with Crippen molar-refractivity contribution < 1.29 is 4.84 Å². The predicted molar refractivity (Wildman–Crippen MR) is 111 cm³/mol. The van der Waals surface area contributed by atoms with E-state index in [1.165, 1.54) is 5.69 Å². The first-order chi connectivity index (χ1) is 12.2. The van der Waals surface area contributed by atoms with Crippen molar-refractivity contribution in [2.45, 2.75) is 11.3 Å². The second-order valence-corrected chi connectivity index (χ2v) is 7.34. The van der Waals surface area contributed by atoms with Crippen molar-refractivity contribution in [3.63, 3.8) is 0 Å². The molecular formula is C19H23N3OS2. The summed E-state index contributed by atoms with van der Waals surface area (Å²) < 4.78 is 0.0260. The van der Waals surface area contributed by atoms with E-state index in [9.17, 15) is 0 Å². The summed E-state index contributed by atoms with van der Waals surface area (Å²) in [6, 6.07) is 18.4. The van der Waals surface area contributed by atoms with E-state index in [4.69, 9.17) is 4.84 Å². The quantitative estimate of drug-likeness (QED) is 0.351. The molecule has 1 heterocycles. The lowest BCUT2D eigenvalue weighted by Gasteiger charge is -2.37. The Labute approximate surface area is 160 Å². The van der Waals surface area contributed by atoms with Gasteiger partial charge in [0.25, 0.3) is 0 Å². The molecule has 0 aromatic heterocycles. The van der Waals surface area contributed by atoms with Crippen molar-refractivity contribution in [2.75, 3.05) is 31.1 Å². The van der Waals surface area contributed by atoms with Crippen LogP contribution in [0.5, 0.6) is 0 Å². The van der Waals surface area contributed by atoms with Crippen molar-refractivity contribution in [2.24, 2.45) is 5.16 Å². The minimum atomic E-state index is 0.0260. The van der Waals surface area contributed by atoms with Crippen molar-refractivity contribution >= 4 is 37.2 Å². The van der Waals surface area contributed by atoms with Crippen molar-refractivity contribution in [3.8, 4) is 0 Å². The van der Waals surface area contributed by atoms with Gasteiger partial charge in [-0.1, -0.05) is 47.6 Å². The molecule has 0 bridgehead atoms. The third kappa shape index (κ3) is 5.42. The summed E-state index contributed by atoms with van der Waals surface area (Å²) in [6.07, 6.45) is 1.73. The van der Waals surface area contributed by atoms with Gasteiger partial charge in [0.1, 0.15) is 6.61 Å². The predicted octanol–water partition coefficient (Wildman–Crippen LogP) is 3.50. The van der Waals surface area contributed by atoms with Crippen LogP contribution in [0.4, 0.5) is 5.69 Å². The van der Waals surface area contributed by atoms with Crippen molar-refractivity contribution in [3.05, 3.63) is 65.7 Å². The number of hydrogen-bond donors (Lipinski definition) is 2. The summed E-state index contributed by atoms with van der Waals surface area (Å²) in [6.45, 7) is 4.43. The summed E-state index contributed by atoms with van der Waals surface area (Å²) in [4.78, 5) is 10.0. The summed E-state index contributed by atoms with van der Waals surface area (Å²) >= 11 is 8.76. The van der Waals surface area contributed by atoms with E-state index in [0.717, 1.165) is 37.3 Å². The smallest absolute Gasteiger partial charge is 0.142 e. The maximum atomic E-state index is 5.38. The molecule has 6 heteroatoms. The highest BCUT2D eigenvalue weighted by molar-refractivity contribution is 7.99. The fourth-order valence-electron chi connectivity index (χ4n) is 2.76. The van der Waals surface area contributed by atoms with Crippen LogP contribution in [0.1, 0.15) is 11.1 Å². The highest BCUT2D eigenvalue weighted by atomic mass is 32.2. The summed E-state index contributed by atoms with van der Waals surface area (Å²) in [5.74, 6) is 0. The number of hydrogen-bond acceptors (Lipinski definition) is 6. The van der Waals surface area contributed by atoms with Gasteiger partial charge < -0.3 is 9.74 Å². The van der Waals surface area contributed by atoms with Gasteiger partial charge in [-0.05, 0) is 23.3 Å². The van der Waals surface area contributed by atoms with Gasteiger partial charge in [-0.15, -0.1) is 25.3 Å². The van der Waals surface area contributed by atoms with Gasteiger partial charge in [0.05, 0.1) is 10.9 Å². The highest BCUT2D eigenvalue weighted by Gasteiger charge is 2.19. The fourth-order valence-corrected chi connectivity index (χ4v) is 3.22. The summed E-state index contributed by atoms with van der Waals surface area (Å²) in [5.41, 5.74) is 3.38. The zero-order chi connectivity index (χ0) is 17.5. The first kappa shape index (κ1) is 18.2. The van der Waals surface area contributed by atoms with Crippen LogP contribution < -0.4 is 4.90 Å². The van der Waals surface area contributed by atoms with E-state index >= 15 is 0 Å². The number of oxime groups is 1. The van der Waals surface area contributed by atoms with Gasteiger partial charge in [0.15, 0.2) is 0 Å². The molecule has 2 aromatic rings. The molecule has 0 N–H and O–H groups in total. The molecule has 0 radical (unpaired) electrons. The zero-order valence-corrected chi connectivity index (χ0v) is 15.8. The monoisotopic (exact) mass is 373 g/mol. The molecule has 1 aliphatic rings. The number of piperazine rings is 1. The van der Waals surface area contributed by atoms with Crippen LogP contribution in [0.2, 0.25) is 0 Å². The van der Waals surface area contributed by atoms with Crippen molar-refractivity contribution in [1.82, 2.24) is 4.90 Å². The molecule has 0 atom stereocenters. The van der Waals surface area contributed by atoms with Crippen LogP contribution in [0.25, 0.3) is 0 Å². The number of anilines is 1. The van der Waals surface area contributed by atoms with Crippen LogP contribution in [-0.2, 0) is 11.4 Å². The van der Waals surface area contributed by atoms with Crippen LogP contribution in [0.15, 0.2) is 59.8 Å². The maximum absolute atomic E-state index is 5.38. The Bertz CT molecular complexity index is 669. The van der Waals surface area contributed by atoms with Gasteiger partial charge in [-0.25, -0.2) is 0 Å². The van der Waals surface area contributed by atoms with E-state index in [1.54, 1.807) is 6.21 Å². The number of benzene rings is 2. The van der Waals surface area contributed by atoms with Gasteiger partial charge in [0.2, 0.25) is 0 Å². The molecule has 1 aliphatic heterocycles. The van der Waals surface area contributed by atoms with Gasteiger partial charge >= 0.3 is 0 Å². The van der Waals surface area contributed by atoms with Crippen LogP contribution in [0.3, 0.4) is 0 Å². The van der Waals surface area contributed by atoms with E-state index in [0.29, 0.717) is 6.61 Å². The lowest BCUT2D eigenvalue weighted by atomic mass is 10.2. The largest absolute Gasteiger partial charge is 0.391 e. The van der Waals surface area contributed by atoms with Crippen LogP contribution >= 0.6 is 25.3 Å². The number of nitrogens with zero attached hydrogens (tertiary/aromatic N) is 3. The first-order valence-electron chi connectivity index (χ1n) is 8.37. The lowest BCUT2D eigenvalue weighted by Crippen LogP contribution is -2.47. The average molecular weight is 374 g/mol. The van der Waals surface area contributed by atoms with Gasteiger partial charge in [0, 0.05) is 31.9 Å². The highest BCUT2D eigenvalue weighted by Crippen LogP contribution is 2.20. The average Bonchev–Trinajstić information content (AvgIpc) is 2.67. The topological polar surface area (TPSA) is 28.1 Å². The molecule has 0 unspecified atom stereocenters. The first-order valence-corrected chi connectivity index (χ1v) is 9.40. The lowest BCUT2D eigenvalue weighted by molar-refractivity contribution is 0.132. The molecule has 1 saturated heterocycles. The van der Waals surface area contributed by atoms with E-state index in [1.807, 2.05) is 30.3 Å². The molecule has 0 spiro atoms. The van der Waals surface area contributed by atoms with Gasteiger partial charge in [-0.3, -0.25) is 4.90 Å². The normalized spacial score (nSPS) is 15.9. The molecule has 1 fully saturated rings. The fraction of sp³-hybridized carbons (Fsp3) is 0.316. The van der Waals surface area contributed by atoms with E-state index < -0.39 is 0 Å². The molecule has 0 aliphatic carbocycles. The number of rotatable bonds is 6. The second kappa shape index (κ2) is 9.17. The molecule has 0 amide bonds. The maximum Gasteiger partial charge on any atom is 0.142 e. The van der Waals surface area contributed by atoms with E-state index in [-0.39, 0.29) is 4.71 Å². The van der Waals surface area contributed by atoms with Crippen molar-refractivity contribution in [1.29, 1.82) is 0 Å². The summed E-state index contributed by atoms with van der Waals surface area (Å²) in [7, 11) is 0. The molecule has 3 rings (SSSR count). The van der Waals surface area contributed by atoms with Crippen LogP contribution in [-0.4, -0.2) is 42.0 Å². The Balaban J connectivity index is 1.47.